The molecule has 0 saturated carbocycles. The van der Waals surface area contributed by atoms with Crippen LogP contribution in [0.2, 0.25) is 0 Å². The monoisotopic (exact) mass is 361 g/mol. The summed E-state index contributed by atoms with van der Waals surface area (Å²) in [5.74, 6) is 0.355. The molecule has 0 radical (unpaired) electrons. The van der Waals surface area contributed by atoms with E-state index in [0.29, 0.717) is 17.0 Å². The first-order valence-corrected chi connectivity index (χ1v) is 9.09. The highest BCUT2D eigenvalue weighted by atomic mass is 15.2. The van der Waals surface area contributed by atoms with Gasteiger partial charge in [0.25, 0.3) is 0 Å². The van der Waals surface area contributed by atoms with E-state index in [1.807, 2.05) is 30.5 Å². The summed E-state index contributed by atoms with van der Waals surface area (Å²) in [7, 11) is 0. The Kier molecular flexibility index (Phi) is 3.67. The van der Waals surface area contributed by atoms with E-state index in [9.17, 15) is 5.26 Å². The predicted octanol–water partition coefficient (Wildman–Crippen LogP) is 4.13. The Balaban J connectivity index is 1.40. The van der Waals surface area contributed by atoms with Crippen LogP contribution in [0.4, 0.5) is 5.69 Å². The number of fused-ring (bicyclic) bond motifs is 3. The molecule has 2 aromatic heterocycles. The van der Waals surface area contributed by atoms with Gasteiger partial charge in [0.15, 0.2) is 0 Å². The van der Waals surface area contributed by atoms with E-state index in [1.165, 1.54) is 0 Å². The van der Waals surface area contributed by atoms with E-state index in [1.54, 1.807) is 12.3 Å². The maximum atomic E-state index is 9.23. The summed E-state index contributed by atoms with van der Waals surface area (Å²) in [6.07, 6.45) is 3.70. The van der Waals surface area contributed by atoms with Crippen LogP contribution in [-0.2, 0) is 0 Å². The van der Waals surface area contributed by atoms with Crippen molar-refractivity contribution in [2.75, 3.05) is 18.0 Å². The van der Waals surface area contributed by atoms with Gasteiger partial charge in [-0.15, -0.1) is 0 Å². The van der Waals surface area contributed by atoms with Crippen molar-refractivity contribution in [3.05, 3.63) is 77.6 Å². The molecule has 5 nitrogen and oxygen atoms in total. The lowest BCUT2D eigenvalue weighted by Gasteiger charge is -2.41. The average Bonchev–Trinajstić information content (AvgIpc) is 2.72. The van der Waals surface area contributed by atoms with E-state index >= 15 is 0 Å². The third-order valence-corrected chi connectivity index (χ3v) is 5.41. The van der Waals surface area contributed by atoms with Crippen LogP contribution >= 0.6 is 0 Å². The second kappa shape index (κ2) is 6.33. The van der Waals surface area contributed by atoms with Gasteiger partial charge in [-0.1, -0.05) is 24.3 Å². The Morgan fingerprint density at radius 2 is 1.64 bits per heavy atom. The van der Waals surface area contributed by atoms with Crippen LogP contribution in [0.3, 0.4) is 0 Å². The Labute approximate surface area is 162 Å². The smallest absolute Gasteiger partial charge is 0.101 e. The standard InChI is InChI=1S/C23H15N5/c24-10-18-6-4-16(8-19(18)11-25)20-13-28(14-20)21-9-17-5-3-15-2-1-7-26-22(15)23(17)27-12-21/h1-9,12,20H,13-14H2. The van der Waals surface area contributed by atoms with Crippen LogP contribution in [0.1, 0.15) is 22.6 Å². The van der Waals surface area contributed by atoms with Crippen molar-refractivity contribution in [2.24, 2.45) is 0 Å². The molecule has 0 aliphatic carbocycles. The highest BCUT2D eigenvalue weighted by Gasteiger charge is 2.29. The van der Waals surface area contributed by atoms with Crippen LogP contribution < -0.4 is 4.90 Å². The van der Waals surface area contributed by atoms with Crippen molar-refractivity contribution < 1.29 is 0 Å². The van der Waals surface area contributed by atoms with E-state index < -0.39 is 0 Å². The van der Waals surface area contributed by atoms with Gasteiger partial charge in [0.2, 0.25) is 0 Å². The minimum absolute atomic E-state index is 0.355. The van der Waals surface area contributed by atoms with Crippen molar-refractivity contribution in [2.45, 2.75) is 5.92 Å². The second-order valence-corrected chi connectivity index (χ2v) is 7.04. The molecule has 2 aromatic carbocycles. The molecule has 0 amide bonds. The molecule has 4 aromatic rings. The molecule has 28 heavy (non-hydrogen) atoms. The van der Waals surface area contributed by atoms with Gasteiger partial charge < -0.3 is 4.90 Å². The second-order valence-electron chi connectivity index (χ2n) is 7.04. The lowest BCUT2D eigenvalue weighted by Crippen LogP contribution is -2.45. The fraction of sp³-hybridized carbons (Fsp3) is 0.130. The first-order chi connectivity index (χ1) is 13.8. The summed E-state index contributed by atoms with van der Waals surface area (Å²) in [5.41, 5.74) is 4.93. The SMILES string of the molecule is N#Cc1ccc(C2CN(c3cnc4c(ccc5cccnc54)c3)C2)cc1C#N. The Morgan fingerprint density at radius 1 is 0.857 bits per heavy atom. The molecule has 5 heteroatoms. The lowest BCUT2D eigenvalue weighted by molar-refractivity contribution is 0.525. The molecule has 132 valence electrons. The van der Waals surface area contributed by atoms with Crippen LogP contribution in [0, 0.1) is 22.7 Å². The summed E-state index contributed by atoms with van der Waals surface area (Å²) in [6.45, 7) is 1.74. The minimum atomic E-state index is 0.355. The topological polar surface area (TPSA) is 76.6 Å². The number of pyridine rings is 2. The van der Waals surface area contributed by atoms with E-state index in [2.05, 4.69) is 45.2 Å². The molecule has 0 spiro atoms. The molecule has 3 heterocycles. The first kappa shape index (κ1) is 16.2. The minimum Gasteiger partial charge on any atom is -0.369 e. The summed E-state index contributed by atoms with van der Waals surface area (Å²) in [5, 5.41) is 20.5. The predicted molar refractivity (Wildman–Crippen MR) is 108 cm³/mol. The lowest BCUT2D eigenvalue weighted by atomic mass is 9.89. The van der Waals surface area contributed by atoms with Gasteiger partial charge in [-0.3, -0.25) is 9.97 Å². The van der Waals surface area contributed by atoms with Crippen LogP contribution in [0.25, 0.3) is 21.8 Å². The Morgan fingerprint density at radius 3 is 2.46 bits per heavy atom. The third kappa shape index (κ3) is 2.53. The van der Waals surface area contributed by atoms with Gasteiger partial charge in [-0.05, 0) is 29.8 Å². The van der Waals surface area contributed by atoms with E-state index in [4.69, 9.17) is 5.26 Å². The average molecular weight is 361 g/mol. The highest BCUT2D eigenvalue weighted by Crippen LogP contribution is 2.34. The molecule has 5 rings (SSSR count). The zero-order valence-corrected chi connectivity index (χ0v) is 15.0. The number of anilines is 1. The van der Waals surface area contributed by atoms with E-state index in [0.717, 1.165) is 46.1 Å². The maximum Gasteiger partial charge on any atom is 0.101 e. The fourth-order valence-corrected chi connectivity index (χ4v) is 3.80. The third-order valence-electron chi connectivity index (χ3n) is 5.41. The van der Waals surface area contributed by atoms with Gasteiger partial charge in [0, 0.05) is 36.0 Å². The van der Waals surface area contributed by atoms with Gasteiger partial charge in [-0.2, -0.15) is 10.5 Å². The molecule has 0 bridgehead atoms. The number of hydrogen-bond donors (Lipinski definition) is 0. The first-order valence-electron chi connectivity index (χ1n) is 9.09. The Bertz CT molecular complexity index is 1310. The zero-order chi connectivity index (χ0) is 19.1. The van der Waals surface area contributed by atoms with Crippen LogP contribution in [0.5, 0.6) is 0 Å². The summed E-state index contributed by atoms with van der Waals surface area (Å²) >= 11 is 0. The van der Waals surface area contributed by atoms with Crippen molar-refractivity contribution in [1.82, 2.24) is 9.97 Å². The fourth-order valence-electron chi connectivity index (χ4n) is 3.80. The Hall–Kier alpha value is -3.96. The largest absolute Gasteiger partial charge is 0.369 e. The van der Waals surface area contributed by atoms with E-state index in [-0.39, 0.29) is 0 Å². The van der Waals surface area contributed by atoms with Gasteiger partial charge in [-0.25, -0.2) is 0 Å². The number of rotatable bonds is 2. The number of aromatic nitrogens is 2. The molecule has 0 unspecified atom stereocenters. The van der Waals surface area contributed by atoms with Crippen molar-refractivity contribution in [1.29, 1.82) is 10.5 Å². The summed E-state index contributed by atoms with van der Waals surface area (Å²) in [4.78, 5) is 11.4. The number of nitrogens with zero attached hydrogens (tertiary/aromatic N) is 5. The number of nitriles is 2. The number of benzene rings is 2. The molecule has 1 fully saturated rings. The van der Waals surface area contributed by atoms with Gasteiger partial charge in [0.05, 0.1) is 34.0 Å². The molecule has 0 N–H and O–H groups in total. The molecular weight excluding hydrogens is 346 g/mol. The molecule has 1 saturated heterocycles. The highest BCUT2D eigenvalue weighted by molar-refractivity contribution is 6.03. The summed E-state index contributed by atoms with van der Waals surface area (Å²) in [6, 6.07) is 20.0. The normalized spacial score (nSPS) is 13.9. The quantitative estimate of drug-likeness (QED) is 0.502. The molecule has 1 aliphatic rings. The number of hydrogen-bond acceptors (Lipinski definition) is 5. The van der Waals surface area contributed by atoms with Crippen molar-refractivity contribution in [3.63, 3.8) is 0 Å². The maximum absolute atomic E-state index is 9.23. The van der Waals surface area contributed by atoms with Gasteiger partial charge in [0.1, 0.15) is 12.1 Å². The summed E-state index contributed by atoms with van der Waals surface area (Å²) < 4.78 is 0. The molecule has 0 atom stereocenters. The molecule has 1 aliphatic heterocycles. The molecular formula is C23H15N5. The zero-order valence-electron chi connectivity index (χ0n) is 15.0. The van der Waals surface area contributed by atoms with Gasteiger partial charge >= 0.3 is 0 Å². The van der Waals surface area contributed by atoms with Crippen molar-refractivity contribution >= 4 is 27.5 Å². The van der Waals surface area contributed by atoms with Crippen LogP contribution in [0.15, 0.2) is 60.9 Å². The van der Waals surface area contributed by atoms with Crippen molar-refractivity contribution in [3.8, 4) is 12.1 Å². The van der Waals surface area contributed by atoms with Crippen LogP contribution in [-0.4, -0.2) is 23.1 Å².